The van der Waals surface area contributed by atoms with Crippen molar-refractivity contribution in [1.82, 2.24) is 10.6 Å². The first-order valence-electron chi connectivity index (χ1n) is 12.1. The number of nitrogens with one attached hydrogen (secondary N) is 2. The van der Waals surface area contributed by atoms with Gasteiger partial charge in [0.2, 0.25) is 5.91 Å². The van der Waals surface area contributed by atoms with E-state index in [-0.39, 0.29) is 42.9 Å². The van der Waals surface area contributed by atoms with Gasteiger partial charge in [-0.2, -0.15) is 0 Å². The van der Waals surface area contributed by atoms with Crippen molar-refractivity contribution < 1.29 is 29.0 Å². The monoisotopic (exact) mass is 478 g/mol. The Kier molecular flexibility index (Phi) is 6.47. The Hall–Kier alpha value is -3.39. The molecular weight excluding hydrogens is 448 g/mol. The number of aliphatic carboxylic acids is 1. The number of methoxy groups -OCH3 is 1. The van der Waals surface area contributed by atoms with E-state index in [1.54, 1.807) is 0 Å². The summed E-state index contributed by atoms with van der Waals surface area (Å²) in [6.45, 7) is 0.189. The minimum absolute atomic E-state index is 0.0103. The molecule has 8 nitrogen and oxygen atoms in total. The van der Waals surface area contributed by atoms with Crippen molar-refractivity contribution >= 4 is 18.0 Å². The third-order valence-electron chi connectivity index (χ3n) is 7.79. The van der Waals surface area contributed by atoms with E-state index in [0.29, 0.717) is 18.8 Å². The van der Waals surface area contributed by atoms with Crippen molar-refractivity contribution in [2.75, 3.05) is 20.3 Å². The number of benzene rings is 2. The number of rotatable bonds is 8. The fourth-order valence-electron chi connectivity index (χ4n) is 6.03. The molecule has 5 atom stereocenters. The molecule has 2 aromatic carbocycles. The van der Waals surface area contributed by atoms with Crippen molar-refractivity contribution in [3.05, 3.63) is 59.7 Å². The van der Waals surface area contributed by atoms with Crippen LogP contribution in [0.5, 0.6) is 0 Å². The number of hydrogen-bond donors (Lipinski definition) is 3. The van der Waals surface area contributed by atoms with Crippen LogP contribution in [0, 0.1) is 17.8 Å². The predicted octanol–water partition coefficient (Wildman–Crippen LogP) is 3.16. The lowest BCUT2D eigenvalue weighted by molar-refractivity contribution is -0.144. The summed E-state index contributed by atoms with van der Waals surface area (Å²) in [5, 5.41) is 14.8. The molecule has 3 N–H and O–H groups in total. The van der Waals surface area contributed by atoms with Crippen LogP contribution in [0.25, 0.3) is 11.1 Å². The second kappa shape index (κ2) is 9.70. The molecule has 0 radical (unpaired) electrons. The van der Waals surface area contributed by atoms with E-state index in [9.17, 15) is 19.5 Å². The molecule has 184 valence electrons. The zero-order valence-electron chi connectivity index (χ0n) is 19.6. The third-order valence-corrected chi connectivity index (χ3v) is 7.79. The van der Waals surface area contributed by atoms with Gasteiger partial charge in [-0.25, -0.2) is 9.59 Å². The number of amides is 2. The molecule has 0 saturated heterocycles. The highest BCUT2D eigenvalue weighted by Crippen LogP contribution is 2.50. The molecule has 0 heterocycles. The Balaban J connectivity index is 1.13. The number of ether oxygens (including phenoxy) is 2. The molecule has 2 aromatic rings. The molecule has 5 rings (SSSR count). The fraction of sp³-hybridized carbons (Fsp3) is 0.444. The second-order valence-corrected chi connectivity index (χ2v) is 9.76. The Labute approximate surface area is 204 Å². The van der Waals surface area contributed by atoms with Crippen LogP contribution < -0.4 is 10.6 Å². The van der Waals surface area contributed by atoms with Gasteiger partial charge < -0.3 is 25.2 Å². The first-order chi connectivity index (χ1) is 17.0. The molecule has 35 heavy (non-hydrogen) atoms. The van der Waals surface area contributed by atoms with E-state index in [4.69, 9.17) is 9.47 Å². The summed E-state index contributed by atoms with van der Waals surface area (Å²) in [5.41, 5.74) is 4.71. The molecule has 3 aliphatic rings. The number of fused-ring (bicyclic) bond motifs is 4. The van der Waals surface area contributed by atoms with Gasteiger partial charge >= 0.3 is 12.1 Å². The summed E-state index contributed by atoms with van der Waals surface area (Å²) in [6, 6.07) is 15.3. The topological polar surface area (TPSA) is 114 Å². The lowest BCUT2D eigenvalue weighted by Gasteiger charge is -2.40. The number of carboxylic acids is 1. The number of carboxylic acid groups (broad SMARTS) is 1. The van der Waals surface area contributed by atoms with Crippen LogP contribution >= 0.6 is 0 Å². The highest BCUT2D eigenvalue weighted by atomic mass is 16.5. The Bertz CT molecular complexity index is 1090. The van der Waals surface area contributed by atoms with Crippen LogP contribution in [-0.4, -0.2) is 55.5 Å². The van der Waals surface area contributed by atoms with E-state index in [0.717, 1.165) is 6.42 Å². The van der Waals surface area contributed by atoms with Crippen LogP contribution in [0.4, 0.5) is 4.79 Å². The molecular formula is C27H30N2O6. The lowest BCUT2D eigenvalue weighted by Crippen LogP contribution is -2.50. The Morgan fingerprint density at radius 1 is 1.00 bits per heavy atom. The minimum Gasteiger partial charge on any atom is -0.480 e. The van der Waals surface area contributed by atoms with Gasteiger partial charge in [0.25, 0.3) is 0 Å². The van der Waals surface area contributed by atoms with E-state index < -0.39 is 18.1 Å². The van der Waals surface area contributed by atoms with Crippen molar-refractivity contribution in [3.63, 3.8) is 0 Å². The standard InChI is InChI=1S/C27H30N2O6/c1-34-14-24(26(31)32)28-25(30)16-10-15-12-23(21(15)11-16)29-27(33)35-13-22-19-8-4-2-6-17(19)18-7-3-5-9-20(18)22/h2-9,15-16,21-24H,10-14H2,1H3,(H,28,30)(H,29,33)(H,31,32). The Morgan fingerprint density at radius 2 is 1.66 bits per heavy atom. The molecule has 0 spiro atoms. The van der Waals surface area contributed by atoms with Crippen molar-refractivity contribution in [2.24, 2.45) is 17.8 Å². The minimum atomic E-state index is -1.11. The largest absolute Gasteiger partial charge is 0.480 e. The maximum absolute atomic E-state index is 12.6. The van der Waals surface area contributed by atoms with Crippen molar-refractivity contribution in [3.8, 4) is 11.1 Å². The first kappa shape index (κ1) is 23.4. The van der Waals surface area contributed by atoms with Gasteiger partial charge in [0.05, 0.1) is 6.61 Å². The first-order valence-corrected chi connectivity index (χ1v) is 12.1. The smallest absolute Gasteiger partial charge is 0.407 e. The van der Waals surface area contributed by atoms with Crippen LogP contribution in [-0.2, 0) is 19.1 Å². The summed E-state index contributed by atoms with van der Waals surface area (Å²) in [7, 11) is 1.40. The molecule has 2 amide bonds. The van der Waals surface area contributed by atoms with Gasteiger partial charge in [-0.1, -0.05) is 48.5 Å². The van der Waals surface area contributed by atoms with E-state index >= 15 is 0 Å². The molecule has 3 aliphatic carbocycles. The SMILES string of the molecule is COCC(NC(=O)C1CC2CC(NC(=O)OCC3c4ccccc4-c4ccccc43)C2C1)C(=O)O. The van der Waals surface area contributed by atoms with Crippen molar-refractivity contribution in [2.45, 2.75) is 37.3 Å². The highest BCUT2D eigenvalue weighted by molar-refractivity contribution is 5.85. The molecule has 5 unspecified atom stereocenters. The summed E-state index contributed by atoms with van der Waals surface area (Å²) >= 11 is 0. The van der Waals surface area contributed by atoms with Gasteiger partial charge in [0.1, 0.15) is 6.61 Å². The quantitative estimate of drug-likeness (QED) is 0.537. The molecule has 8 heteroatoms. The van der Waals surface area contributed by atoms with Gasteiger partial charge in [-0.05, 0) is 53.4 Å². The van der Waals surface area contributed by atoms with Gasteiger partial charge in [-0.15, -0.1) is 0 Å². The summed E-state index contributed by atoms with van der Waals surface area (Å²) in [5.74, 6) is -1.05. The summed E-state index contributed by atoms with van der Waals surface area (Å²) in [6.07, 6.45) is 1.70. The zero-order valence-corrected chi connectivity index (χ0v) is 19.6. The van der Waals surface area contributed by atoms with Crippen LogP contribution in [0.15, 0.2) is 48.5 Å². The number of carbonyl (C=O) groups is 3. The maximum Gasteiger partial charge on any atom is 0.407 e. The van der Waals surface area contributed by atoms with E-state index in [1.807, 2.05) is 24.3 Å². The summed E-state index contributed by atoms with van der Waals surface area (Å²) < 4.78 is 10.6. The third kappa shape index (κ3) is 4.50. The van der Waals surface area contributed by atoms with Gasteiger partial charge in [-0.3, -0.25) is 4.79 Å². The van der Waals surface area contributed by atoms with E-state index in [1.165, 1.54) is 29.4 Å². The second-order valence-electron chi connectivity index (χ2n) is 9.76. The van der Waals surface area contributed by atoms with E-state index in [2.05, 4.69) is 34.9 Å². The molecule has 0 aliphatic heterocycles. The van der Waals surface area contributed by atoms with Crippen LogP contribution in [0.3, 0.4) is 0 Å². The van der Waals surface area contributed by atoms with Crippen LogP contribution in [0.2, 0.25) is 0 Å². The average molecular weight is 479 g/mol. The molecule has 2 saturated carbocycles. The average Bonchev–Trinajstić information content (AvgIpc) is 3.36. The summed E-state index contributed by atoms with van der Waals surface area (Å²) in [4.78, 5) is 36.5. The molecule has 2 fully saturated rings. The molecule has 0 bridgehead atoms. The highest BCUT2D eigenvalue weighted by Gasteiger charge is 2.50. The number of carbonyl (C=O) groups excluding carboxylic acids is 2. The van der Waals surface area contributed by atoms with Gasteiger partial charge in [0.15, 0.2) is 6.04 Å². The molecule has 0 aromatic heterocycles. The number of hydrogen-bond acceptors (Lipinski definition) is 5. The number of alkyl carbamates (subject to hydrolysis) is 1. The predicted molar refractivity (Wildman–Crippen MR) is 128 cm³/mol. The normalized spacial score (nSPS) is 24.9. The maximum atomic E-state index is 12.6. The zero-order chi connectivity index (χ0) is 24.5. The van der Waals surface area contributed by atoms with Gasteiger partial charge in [0, 0.05) is 25.0 Å². The lowest BCUT2D eigenvalue weighted by atomic mass is 9.71. The Morgan fingerprint density at radius 3 is 2.29 bits per heavy atom. The van der Waals surface area contributed by atoms with Crippen molar-refractivity contribution in [1.29, 1.82) is 0 Å². The fourth-order valence-corrected chi connectivity index (χ4v) is 6.03. The van der Waals surface area contributed by atoms with Crippen LogP contribution in [0.1, 0.15) is 36.3 Å².